The smallest absolute Gasteiger partial charge is 0.274 e. The minimum atomic E-state index is 0.00909. The van der Waals surface area contributed by atoms with Crippen molar-refractivity contribution in [1.82, 2.24) is 9.78 Å². The Morgan fingerprint density at radius 2 is 1.80 bits per heavy atom. The van der Waals surface area contributed by atoms with Crippen LogP contribution in [0.3, 0.4) is 0 Å². The third-order valence-corrected chi connectivity index (χ3v) is 2.98. The molecule has 15 heavy (non-hydrogen) atoms. The van der Waals surface area contributed by atoms with Gasteiger partial charge in [0.2, 0.25) is 0 Å². The van der Waals surface area contributed by atoms with Gasteiger partial charge in [-0.1, -0.05) is 15.9 Å². The van der Waals surface area contributed by atoms with Crippen LogP contribution in [0.2, 0.25) is 0 Å². The Labute approximate surface area is 95.9 Å². The van der Waals surface area contributed by atoms with Crippen LogP contribution >= 0.6 is 15.9 Å². The third-order valence-electron chi connectivity index (χ3n) is 2.45. The highest BCUT2D eigenvalue weighted by Gasteiger charge is 2.07. The predicted molar refractivity (Wildman–Crippen MR) is 63.6 cm³/mol. The van der Waals surface area contributed by atoms with E-state index in [0.29, 0.717) is 0 Å². The maximum Gasteiger partial charge on any atom is 0.274 e. The second-order valence-corrected chi connectivity index (χ2v) is 4.39. The molecule has 4 heteroatoms. The Morgan fingerprint density at radius 1 is 1.20 bits per heavy atom. The fourth-order valence-corrected chi connectivity index (χ4v) is 1.67. The number of hydrogen-bond donors (Lipinski definition) is 1. The molecule has 1 heterocycles. The van der Waals surface area contributed by atoms with E-state index < -0.39 is 0 Å². The van der Waals surface area contributed by atoms with Gasteiger partial charge in [0, 0.05) is 15.7 Å². The number of halogens is 1. The second-order valence-electron chi connectivity index (χ2n) is 3.48. The summed E-state index contributed by atoms with van der Waals surface area (Å²) in [6.07, 6.45) is 0. The molecule has 1 N–H and O–H groups in total. The first-order valence-electron chi connectivity index (χ1n) is 4.64. The molecular weight excluding hydrogens is 256 g/mol. The van der Waals surface area contributed by atoms with E-state index in [2.05, 4.69) is 21.0 Å². The maximum atomic E-state index is 11.8. The summed E-state index contributed by atoms with van der Waals surface area (Å²) in [6.45, 7) is 3.72. The summed E-state index contributed by atoms with van der Waals surface area (Å²) in [5, 5.41) is 3.04. The standard InChI is InChI=1S/C11H11BrN2O/c1-7-8(2)13-14(11(7)15)10-5-3-9(12)4-6-10/h3-6,13H,1-2H3. The number of aryl methyl sites for hydroxylation is 1. The highest BCUT2D eigenvalue weighted by atomic mass is 79.9. The molecule has 0 unspecified atom stereocenters. The van der Waals surface area contributed by atoms with Crippen molar-refractivity contribution in [2.75, 3.05) is 0 Å². The Kier molecular flexibility index (Phi) is 2.52. The van der Waals surface area contributed by atoms with Crippen molar-refractivity contribution < 1.29 is 0 Å². The zero-order valence-electron chi connectivity index (χ0n) is 8.54. The van der Waals surface area contributed by atoms with E-state index >= 15 is 0 Å². The van der Waals surface area contributed by atoms with E-state index in [1.54, 1.807) is 4.68 Å². The molecule has 3 nitrogen and oxygen atoms in total. The molecule has 0 aliphatic heterocycles. The van der Waals surface area contributed by atoms with Crippen LogP contribution in [-0.4, -0.2) is 9.78 Å². The molecule has 0 saturated carbocycles. The molecular formula is C11H11BrN2O. The average molecular weight is 267 g/mol. The zero-order chi connectivity index (χ0) is 11.0. The van der Waals surface area contributed by atoms with Gasteiger partial charge in [-0.15, -0.1) is 0 Å². The van der Waals surface area contributed by atoms with Crippen molar-refractivity contribution in [2.45, 2.75) is 13.8 Å². The molecule has 1 aromatic carbocycles. The van der Waals surface area contributed by atoms with Gasteiger partial charge in [0.05, 0.1) is 5.69 Å². The van der Waals surface area contributed by atoms with E-state index in [9.17, 15) is 4.79 Å². The SMILES string of the molecule is Cc1[nH]n(-c2ccc(Br)cc2)c(=O)c1C. The quantitative estimate of drug-likeness (QED) is 0.847. The number of benzene rings is 1. The summed E-state index contributed by atoms with van der Waals surface area (Å²) in [5.41, 5.74) is 2.52. The lowest BCUT2D eigenvalue weighted by molar-refractivity contribution is 0.835. The van der Waals surface area contributed by atoms with Crippen LogP contribution in [0.1, 0.15) is 11.3 Å². The normalized spacial score (nSPS) is 10.6. The van der Waals surface area contributed by atoms with Gasteiger partial charge in [-0.25, -0.2) is 4.68 Å². The first-order chi connectivity index (χ1) is 7.09. The van der Waals surface area contributed by atoms with Crippen LogP contribution in [0.4, 0.5) is 0 Å². The Balaban J connectivity index is 2.59. The minimum absolute atomic E-state index is 0.00909. The van der Waals surface area contributed by atoms with Crippen molar-refractivity contribution in [1.29, 1.82) is 0 Å². The number of rotatable bonds is 1. The molecule has 0 fully saturated rings. The number of H-pyrrole nitrogens is 1. The van der Waals surface area contributed by atoms with Gasteiger partial charge in [-0.3, -0.25) is 9.89 Å². The van der Waals surface area contributed by atoms with Crippen LogP contribution < -0.4 is 5.56 Å². The number of aromatic nitrogens is 2. The monoisotopic (exact) mass is 266 g/mol. The predicted octanol–water partition coefficient (Wildman–Crippen LogP) is 2.54. The van der Waals surface area contributed by atoms with Crippen molar-refractivity contribution in [2.24, 2.45) is 0 Å². The van der Waals surface area contributed by atoms with Crippen molar-refractivity contribution >= 4 is 15.9 Å². The summed E-state index contributed by atoms with van der Waals surface area (Å²) in [7, 11) is 0. The molecule has 1 aromatic heterocycles. The van der Waals surface area contributed by atoms with E-state index in [0.717, 1.165) is 21.4 Å². The lowest BCUT2D eigenvalue weighted by Crippen LogP contribution is -2.15. The number of nitrogens with one attached hydrogen (secondary N) is 1. The third kappa shape index (κ3) is 1.77. The Morgan fingerprint density at radius 3 is 2.27 bits per heavy atom. The van der Waals surface area contributed by atoms with E-state index in [4.69, 9.17) is 0 Å². The summed E-state index contributed by atoms with van der Waals surface area (Å²) >= 11 is 3.36. The lowest BCUT2D eigenvalue weighted by Gasteiger charge is -2.00. The minimum Gasteiger partial charge on any atom is -0.295 e. The Hall–Kier alpha value is -1.29. The van der Waals surface area contributed by atoms with Crippen LogP contribution in [0.5, 0.6) is 0 Å². The molecule has 0 saturated heterocycles. The molecule has 0 aliphatic carbocycles. The summed E-state index contributed by atoms with van der Waals surface area (Å²) in [5.74, 6) is 0. The molecule has 0 bridgehead atoms. The van der Waals surface area contributed by atoms with E-state index in [1.807, 2.05) is 38.1 Å². The highest BCUT2D eigenvalue weighted by molar-refractivity contribution is 9.10. The maximum absolute atomic E-state index is 11.8. The summed E-state index contributed by atoms with van der Waals surface area (Å²) in [6, 6.07) is 7.60. The topological polar surface area (TPSA) is 37.8 Å². The van der Waals surface area contributed by atoms with Crippen molar-refractivity contribution in [3.63, 3.8) is 0 Å². The molecule has 0 atom stereocenters. The van der Waals surface area contributed by atoms with Crippen molar-refractivity contribution in [3.8, 4) is 5.69 Å². The summed E-state index contributed by atoms with van der Waals surface area (Å²) in [4.78, 5) is 11.8. The molecule has 2 rings (SSSR count). The average Bonchev–Trinajstić information content (AvgIpc) is 2.47. The van der Waals surface area contributed by atoms with Gasteiger partial charge in [-0.05, 0) is 38.1 Å². The molecule has 0 radical (unpaired) electrons. The fourth-order valence-electron chi connectivity index (χ4n) is 1.40. The van der Waals surface area contributed by atoms with Gasteiger partial charge in [0.1, 0.15) is 0 Å². The van der Waals surface area contributed by atoms with Crippen LogP contribution in [-0.2, 0) is 0 Å². The highest BCUT2D eigenvalue weighted by Crippen LogP contribution is 2.12. The number of aromatic amines is 1. The molecule has 78 valence electrons. The van der Waals surface area contributed by atoms with Crippen LogP contribution in [0.15, 0.2) is 33.5 Å². The van der Waals surface area contributed by atoms with Gasteiger partial charge in [0.25, 0.3) is 5.56 Å². The lowest BCUT2D eigenvalue weighted by atomic mass is 10.3. The Bertz CT molecular complexity index is 537. The molecule has 0 spiro atoms. The molecule has 0 aliphatic rings. The fraction of sp³-hybridized carbons (Fsp3) is 0.182. The number of hydrogen-bond acceptors (Lipinski definition) is 1. The summed E-state index contributed by atoms with van der Waals surface area (Å²) < 4.78 is 2.55. The second kappa shape index (κ2) is 3.70. The molecule has 0 amide bonds. The van der Waals surface area contributed by atoms with E-state index in [-0.39, 0.29) is 5.56 Å². The van der Waals surface area contributed by atoms with Gasteiger partial charge >= 0.3 is 0 Å². The number of nitrogens with zero attached hydrogens (tertiary/aromatic N) is 1. The van der Waals surface area contributed by atoms with Crippen LogP contribution in [0, 0.1) is 13.8 Å². The first kappa shape index (κ1) is 10.2. The van der Waals surface area contributed by atoms with E-state index in [1.165, 1.54) is 0 Å². The molecule has 2 aromatic rings. The van der Waals surface area contributed by atoms with Gasteiger partial charge in [0.15, 0.2) is 0 Å². The van der Waals surface area contributed by atoms with Gasteiger partial charge in [-0.2, -0.15) is 0 Å². The van der Waals surface area contributed by atoms with Crippen molar-refractivity contribution in [3.05, 3.63) is 50.3 Å². The first-order valence-corrected chi connectivity index (χ1v) is 5.43. The van der Waals surface area contributed by atoms with Gasteiger partial charge < -0.3 is 0 Å². The zero-order valence-corrected chi connectivity index (χ0v) is 10.1. The largest absolute Gasteiger partial charge is 0.295 e. The van der Waals surface area contributed by atoms with Crippen LogP contribution in [0.25, 0.3) is 5.69 Å².